The highest BCUT2D eigenvalue weighted by molar-refractivity contribution is 5.41. The summed E-state index contributed by atoms with van der Waals surface area (Å²) in [5.41, 5.74) is 1.15. The van der Waals surface area contributed by atoms with Crippen molar-refractivity contribution in [2.24, 2.45) is 5.92 Å². The van der Waals surface area contributed by atoms with Gasteiger partial charge in [-0.3, -0.25) is 0 Å². The van der Waals surface area contributed by atoms with E-state index >= 15 is 0 Å². The molecule has 2 heterocycles. The summed E-state index contributed by atoms with van der Waals surface area (Å²) in [5, 5.41) is 3.64. The molecule has 1 aliphatic rings. The van der Waals surface area contributed by atoms with Gasteiger partial charge in [-0.15, -0.1) is 0 Å². The van der Waals surface area contributed by atoms with Crippen molar-refractivity contribution in [1.29, 1.82) is 0 Å². The third-order valence-electron chi connectivity index (χ3n) is 3.44. The van der Waals surface area contributed by atoms with Crippen LogP contribution in [0.5, 0.6) is 0 Å². The van der Waals surface area contributed by atoms with Crippen LogP contribution in [0.1, 0.15) is 26.7 Å². The highest BCUT2D eigenvalue weighted by Gasteiger charge is 2.18. The maximum absolute atomic E-state index is 4.11. The van der Waals surface area contributed by atoms with Crippen LogP contribution in [-0.4, -0.2) is 35.6 Å². The molecule has 94 valence electrons. The molecular weight excluding hydrogens is 212 g/mol. The second-order valence-corrected chi connectivity index (χ2v) is 4.95. The maximum Gasteiger partial charge on any atom is 0.115 e. The van der Waals surface area contributed by atoms with Gasteiger partial charge in [-0.1, -0.05) is 13.8 Å². The molecule has 0 bridgehead atoms. The molecule has 4 heteroatoms. The van der Waals surface area contributed by atoms with Gasteiger partial charge in [0.1, 0.15) is 6.33 Å². The van der Waals surface area contributed by atoms with Crippen molar-refractivity contribution in [1.82, 2.24) is 15.3 Å². The smallest absolute Gasteiger partial charge is 0.115 e. The maximum atomic E-state index is 4.11. The highest BCUT2D eigenvalue weighted by Crippen LogP contribution is 2.16. The Labute approximate surface area is 103 Å². The second kappa shape index (κ2) is 5.96. The van der Waals surface area contributed by atoms with Crippen LogP contribution in [0.15, 0.2) is 18.7 Å². The number of nitrogens with one attached hydrogen (secondary N) is 1. The Bertz CT molecular complexity index is 327. The summed E-state index contributed by atoms with van der Waals surface area (Å²) in [4.78, 5) is 10.6. The molecule has 1 aliphatic heterocycles. The lowest BCUT2D eigenvalue weighted by atomic mass is 10.0. The topological polar surface area (TPSA) is 41.1 Å². The summed E-state index contributed by atoms with van der Waals surface area (Å²) in [7, 11) is 0. The molecule has 1 aromatic rings. The van der Waals surface area contributed by atoms with Crippen LogP contribution < -0.4 is 10.2 Å². The van der Waals surface area contributed by atoms with Gasteiger partial charge < -0.3 is 10.2 Å². The molecular formula is C13H22N4. The zero-order valence-electron chi connectivity index (χ0n) is 10.8. The minimum Gasteiger partial charge on any atom is -0.369 e. The van der Waals surface area contributed by atoms with E-state index in [4.69, 9.17) is 0 Å². The third-order valence-corrected chi connectivity index (χ3v) is 3.44. The molecule has 0 radical (unpaired) electrons. The third kappa shape index (κ3) is 3.40. The molecule has 2 unspecified atom stereocenters. The standard InChI is InChI=1S/C13H22N4/c1-3-12-4-5-17(9-11(2)6-16-12)13-7-14-10-15-8-13/h7-8,10-12,16H,3-6,9H2,1-2H3. The van der Waals surface area contributed by atoms with Gasteiger partial charge in [0.25, 0.3) is 0 Å². The van der Waals surface area contributed by atoms with Crippen molar-refractivity contribution in [2.45, 2.75) is 32.7 Å². The van der Waals surface area contributed by atoms with Crippen LogP contribution in [0.2, 0.25) is 0 Å². The van der Waals surface area contributed by atoms with Gasteiger partial charge in [-0.05, 0) is 25.3 Å². The van der Waals surface area contributed by atoms with Crippen molar-refractivity contribution < 1.29 is 0 Å². The molecule has 0 aromatic carbocycles. The fourth-order valence-electron chi connectivity index (χ4n) is 2.35. The minimum atomic E-state index is 0.643. The van der Waals surface area contributed by atoms with E-state index in [0.29, 0.717) is 12.0 Å². The van der Waals surface area contributed by atoms with Gasteiger partial charge >= 0.3 is 0 Å². The van der Waals surface area contributed by atoms with Crippen molar-refractivity contribution in [3.63, 3.8) is 0 Å². The van der Waals surface area contributed by atoms with Crippen molar-refractivity contribution in [3.8, 4) is 0 Å². The predicted molar refractivity (Wildman–Crippen MR) is 70.1 cm³/mol. The van der Waals surface area contributed by atoms with Crippen LogP contribution in [0.4, 0.5) is 5.69 Å². The van der Waals surface area contributed by atoms with Gasteiger partial charge in [0.15, 0.2) is 0 Å². The van der Waals surface area contributed by atoms with Crippen molar-refractivity contribution in [2.75, 3.05) is 24.5 Å². The molecule has 17 heavy (non-hydrogen) atoms. The van der Waals surface area contributed by atoms with Crippen molar-refractivity contribution >= 4 is 5.69 Å². The van der Waals surface area contributed by atoms with E-state index in [1.807, 2.05) is 12.4 Å². The van der Waals surface area contributed by atoms with Crippen LogP contribution in [-0.2, 0) is 0 Å². The van der Waals surface area contributed by atoms with E-state index < -0.39 is 0 Å². The van der Waals surface area contributed by atoms with E-state index in [1.165, 1.54) is 12.8 Å². The lowest BCUT2D eigenvalue weighted by Crippen LogP contribution is -2.43. The van der Waals surface area contributed by atoms with Gasteiger partial charge in [-0.25, -0.2) is 9.97 Å². The normalized spacial score (nSPS) is 26.4. The van der Waals surface area contributed by atoms with Gasteiger partial charge in [0.05, 0.1) is 18.1 Å². The molecule has 0 spiro atoms. The first kappa shape index (κ1) is 12.3. The molecule has 1 N–H and O–H groups in total. The number of anilines is 1. The van der Waals surface area contributed by atoms with Crippen molar-refractivity contribution in [3.05, 3.63) is 18.7 Å². The molecule has 0 amide bonds. The molecule has 1 aromatic heterocycles. The Morgan fingerprint density at radius 3 is 2.88 bits per heavy atom. The number of aromatic nitrogens is 2. The summed E-state index contributed by atoms with van der Waals surface area (Å²) < 4.78 is 0. The molecule has 2 atom stereocenters. The van der Waals surface area contributed by atoms with Crippen LogP contribution >= 0.6 is 0 Å². The summed E-state index contributed by atoms with van der Waals surface area (Å²) in [6, 6.07) is 0.643. The molecule has 1 saturated heterocycles. The molecule has 0 saturated carbocycles. The first-order valence-electron chi connectivity index (χ1n) is 6.53. The quantitative estimate of drug-likeness (QED) is 0.845. The molecule has 0 aliphatic carbocycles. The Kier molecular flexibility index (Phi) is 4.31. The predicted octanol–water partition coefficient (Wildman–Crippen LogP) is 1.69. The Morgan fingerprint density at radius 1 is 1.41 bits per heavy atom. The zero-order valence-corrected chi connectivity index (χ0v) is 10.8. The summed E-state index contributed by atoms with van der Waals surface area (Å²) in [6.07, 6.45) is 7.81. The molecule has 4 nitrogen and oxygen atoms in total. The fraction of sp³-hybridized carbons (Fsp3) is 0.692. The van der Waals surface area contributed by atoms with Crippen LogP contribution in [0.3, 0.4) is 0 Å². The van der Waals surface area contributed by atoms with Crippen LogP contribution in [0, 0.1) is 5.92 Å². The molecule has 2 rings (SSSR count). The Morgan fingerprint density at radius 2 is 2.18 bits per heavy atom. The first-order chi connectivity index (χ1) is 8.29. The van der Waals surface area contributed by atoms with Gasteiger partial charge in [-0.2, -0.15) is 0 Å². The van der Waals surface area contributed by atoms with E-state index in [0.717, 1.165) is 25.3 Å². The van der Waals surface area contributed by atoms with E-state index in [-0.39, 0.29) is 0 Å². The van der Waals surface area contributed by atoms with E-state index in [2.05, 4.69) is 34.0 Å². The Balaban J connectivity index is 2.05. The summed E-state index contributed by atoms with van der Waals surface area (Å²) in [6.45, 7) is 7.81. The molecule has 1 fully saturated rings. The second-order valence-electron chi connectivity index (χ2n) is 4.95. The average Bonchev–Trinajstić information content (AvgIpc) is 2.35. The van der Waals surface area contributed by atoms with E-state index in [1.54, 1.807) is 6.33 Å². The lowest BCUT2D eigenvalue weighted by molar-refractivity contribution is 0.387. The Hall–Kier alpha value is -1.16. The number of nitrogens with zero attached hydrogens (tertiary/aromatic N) is 3. The fourth-order valence-corrected chi connectivity index (χ4v) is 2.35. The summed E-state index contributed by atoms with van der Waals surface area (Å²) >= 11 is 0. The lowest BCUT2D eigenvalue weighted by Gasteiger charge is -2.33. The van der Waals surface area contributed by atoms with Crippen LogP contribution in [0.25, 0.3) is 0 Å². The largest absolute Gasteiger partial charge is 0.369 e. The van der Waals surface area contributed by atoms with Gasteiger partial charge in [0, 0.05) is 19.1 Å². The average molecular weight is 234 g/mol. The SMILES string of the molecule is CCC1CCN(c2cncnc2)CC(C)CN1. The zero-order chi connectivity index (χ0) is 12.1. The van der Waals surface area contributed by atoms with E-state index in [9.17, 15) is 0 Å². The minimum absolute atomic E-state index is 0.643. The summed E-state index contributed by atoms with van der Waals surface area (Å²) in [5.74, 6) is 0.657. The first-order valence-corrected chi connectivity index (χ1v) is 6.53. The number of hydrogen-bond acceptors (Lipinski definition) is 4. The highest BCUT2D eigenvalue weighted by atomic mass is 15.2. The number of rotatable bonds is 2. The monoisotopic (exact) mass is 234 g/mol. The van der Waals surface area contributed by atoms with Gasteiger partial charge in [0.2, 0.25) is 0 Å². The number of hydrogen-bond donors (Lipinski definition) is 1.